The van der Waals surface area contributed by atoms with Crippen molar-refractivity contribution < 1.29 is 9.59 Å². The zero-order chi connectivity index (χ0) is 18.8. The molecular weight excluding hydrogens is 362 g/mol. The summed E-state index contributed by atoms with van der Waals surface area (Å²) in [6, 6.07) is 5.98. The number of hydrogen-bond acceptors (Lipinski definition) is 3. The second-order valence-electron chi connectivity index (χ2n) is 8.12. The SMILES string of the molecule is O=C(NCC1CC(=O)N(C2CCCC2)C1)c1ccc(N2CCCC2)c(Cl)c1. The molecule has 4 rings (SSSR count). The molecule has 0 spiro atoms. The van der Waals surface area contributed by atoms with E-state index < -0.39 is 0 Å². The molecule has 146 valence electrons. The molecule has 1 aromatic carbocycles. The van der Waals surface area contributed by atoms with E-state index in [2.05, 4.69) is 10.2 Å². The molecule has 1 aromatic rings. The smallest absolute Gasteiger partial charge is 0.251 e. The number of amides is 2. The highest BCUT2D eigenvalue weighted by molar-refractivity contribution is 6.33. The summed E-state index contributed by atoms with van der Waals surface area (Å²) >= 11 is 6.42. The zero-order valence-electron chi connectivity index (χ0n) is 15.8. The molecule has 1 N–H and O–H groups in total. The summed E-state index contributed by atoms with van der Waals surface area (Å²) < 4.78 is 0. The second kappa shape index (κ2) is 8.09. The molecule has 1 aliphatic carbocycles. The summed E-state index contributed by atoms with van der Waals surface area (Å²) in [6.07, 6.45) is 7.64. The van der Waals surface area contributed by atoms with E-state index in [4.69, 9.17) is 11.6 Å². The first-order valence-corrected chi connectivity index (χ1v) is 10.6. The second-order valence-corrected chi connectivity index (χ2v) is 8.53. The van der Waals surface area contributed by atoms with E-state index in [1.807, 2.05) is 17.0 Å². The summed E-state index contributed by atoms with van der Waals surface area (Å²) in [4.78, 5) is 29.1. The third kappa shape index (κ3) is 4.08. The third-order valence-electron chi connectivity index (χ3n) is 6.21. The van der Waals surface area contributed by atoms with E-state index >= 15 is 0 Å². The Morgan fingerprint density at radius 1 is 1.15 bits per heavy atom. The highest BCUT2D eigenvalue weighted by Crippen LogP contribution is 2.30. The zero-order valence-corrected chi connectivity index (χ0v) is 16.5. The van der Waals surface area contributed by atoms with E-state index in [1.165, 1.54) is 25.7 Å². The fourth-order valence-electron chi connectivity index (χ4n) is 4.72. The van der Waals surface area contributed by atoms with E-state index in [0.717, 1.165) is 38.2 Å². The van der Waals surface area contributed by atoms with Gasteiger partial charge in [-0.15, -0.1) is 0 Å². The van der Waals surface area contributed by atoms with Crippen molar-refractivity contribution in [2.75, 3.05) is 31.1 Å². The Hall–Kier alpha value is -1.75. The summed E-state index contributed by atoms with van der Waals surface area (Å²) in [5.41, 5.74) is 1.60. The van der Waals surface area contributed by atoms with Gasteiger partial charge in [0.05, 0.1) is 10.7 Å². The fourth-order valence-corrected chi connectivity index (χ4v) is 5.02. The topological polar surface area (TPSA) is 52.7 Å². The van der Waals surface area contributed by atoms with E-state index in [9.17, 15) is 9.59 Å². The van der Waals surface area contributed by atoms with Gasteiger partial charge in [-0.05, 0) is 43.9 Å². The number of carbonyl (C=O) groups is 2. The lowest BCUT2D eigenvalue weighted by molar-refractivity contribution is -0.129. The molecule has 1 atom stereocenters. The van der Waals surface area contributed by atoms with E-state index in [-0.39, 0.29) is 17.7 Å². The largest absolute Gasteiger partial charge is 0.370 e. The molecule has 2 heterocycles. The average Bonchev–Trinajstić information content (AvgIpc) is 3.41. The lowest BCUT2D eigenvalue weighted by Gasteiger charge is -2.24. The van der Waals surface area contributed by atoms with Gasteiger partial charge in [0.25, 0.3) is 5.91 Å². The highest BCUT2D eigenvalue weighted by atomic mass is 35.5. The van der Waals surface area contributed by atoms with Crippen LogP contribution in [0.15, 0.2) is 18.2 Å². The average molecular weight is 390 g/mol. The maximum absolute atomic E-state index is 12.5. The van der Waals surface area contributed by atoms with Crippen molar-refractivity contribution in [1.82, 2.24) is 10.2 Å². The number of carbonyl (C=O) groups excluding carboxylic acids is 2. The first kappa shape index (κ1) is 18.6. The molecule has 0 aromatic heterocycles. The van der Waals surface area contributed by atoms with E-state index in [0.29, 0.717) is 29.6 Å². The van der Waals surface area contributed by atoms with Gasteiger partial charge in [0, 0.05) is 50.1 Å². The Kier molecular flexibility index (Phi) is 5.58. The van der Waals surface area contributed by atoms with Crippen molar-refractivity contribution in [1.29, 1.82) is 0 Å². The van der Waals surface area contributed by atoms with Crippen LogP contribution in [0.5, 0.6) is 0 Å². The summed E-state index contributed by atoms with van der Waals surface area (Å²) in [7, 11) is 0. The monoisotopic (exact) mass is 389 g/mol. The molecule has 0 radical (unpaired) electrons. The Labute approximate surface area is 166 Å². The molecule has 5 nitrogen and oxygen atoms in total. The molecule has 2 saturated heterocycles. The van der Waals surface area contributed by atoms with Crippen LogP contribution in [0.1, 0.15) is 55.3 Å². The van der Waals surface area contributed by atoms with Crippen LogP contribution < -0.4 is 10.2 Å². The van der Waals surface area contributed by atoms with Gasteiger partial charge in [-0.25, -0.2) is 0 Å². The van der Waals surface area contributed by atoms with Crippen LogP contribution in [-0.4, -0.2) is 48.9 Å². The van der Waals surface area contributed by atoms with Gasteiger partial charge >= 0.3 is 0 Å². The van der Waals surface area contributed by atoms with Crippen molar-refractivity contribution in [3.8, 4) is 0 Å². The lowest BCUT2D eigenvalue weighted by Crippen LogP contribution is -2.36. The highest BCUT2D eigenvalue weighted by Gasteiger charge is 2.35. The molecule has 2 aliphatic heterocycles. The van der Waals surface area contributed by atoms with Crippen molar-refractivity contribution in [2.45, 2.75) is 51.0 Å². The van der Waals surface area contributed by atoms with Gasteiger partial charge in [0.15, 0.2) is 0 Å². The van der Waals surface area contributed by atoms with Gasteiger partial charge < -0.3 is 15.1 Å². The first-order chi connectivity index (χ1) is 13.1. The Balaban J connectivity index is 1.31. The maximum Gasteiger partial charge on any atom is 0.251 e. The minimum Gasteiger partial charge on any atom is -0.370 e. The molecule has 0 bridgehead atoms. The lowest BCUT2D eigenvalue weighted by atomic mass is 10.1. The first-order valence-electron chi connectivity index (χ1n) is 10.2. The molecule has 3 fully saturated rings. The van der Waals surface area contributed by atoms with Crippen molar-refractivity contribution >= 4 is 29.1 Å². The minimum atomic E-state index is -0.114. The van der Waals surface area contributed by atoms with Gasteiger partial charge in [0.2, 0.25) is 5.91 Å². The number of likely N-dealkylation sites (tertiary alicyclic amines) is 1. The predicted molar refractivity (Wildman–Crippen MR) is 107 cm³/mol. The number of benzene rings is 1. The van der Waals surface area contributed by atoms with Crippen LogP contribution in [-0.2, 0) is 4.79 Å². The Bertz CT molecular complexity index is 711. The molecular formula is C21H28ClN3O2. The molecule has 6 heteroatoms. The van der Waals surface area contributed by atoms with Crippen molar-refractivity contribution in [3.05, 3.63) is 28.8 Å². The number of rotatable bonds is 5. The fraction of sp³-hybridized carbons (Fsp3) is 0.619. The van der Waals surface area contributed by atoms with Crippen LogP contribution in [0.2, 0.25) is 5.02 Å². The number of nitrogens with one attached hydrogen (secondary N) is 1. The molecule has 1 unspecified atom stereocenters. The predicted octanol–water partition coefficient (Wildman–Crippen LogP) is 3.46. The van der Waals surface area contributed by atoms with Crippen LogP contribution >= 0.6 is 11.6 Å². The van der Waals surface area contributed by atoms with E-state index in [1.54, 1.807) is 6.07 Å². The van der Waals surface area contributed by atoms with Crippen LogP contribution in [0.4, 0.5) is 5.69 Å². The van der Waals surface area contributed by atoms with Crippen LogP contribution in [0.25, 0.3) is 0 Å². The maximum atomic E-state index is 12.5. The van der Waals surface area contributed by atoms with Crippen molar-refractivity contribution in [2.24, 2.45) is 5.92 Å². The quantitative estimate of drug-likeness (QED) is 0.839. The minimum absolute atomic E-state index is 0.114. The standard InChI is InChI=1S/C21H28ClN3O2/c22-18-12-16(7-8-19(18)24-9-3-4-10-24)21(27)23-13-15-11-20(26)25(14-15)17-5-1-2-6-17/h7-8,12,15,17H,1-6,9-11,13-14H2,(H,23,27). The van der Waals surface area contributed by atoms with Crippen LogP contribution in [0.3, 0.4) is 0 Å². The number of nitrogens with zero attached hydrogens (tertiary/aromatic N) is 2. The third-order valence-corrected chi connectivity index (χ3v) is 6.51. The molecule has 27 heavy (non-hydrogen) atoms. The molecule has 1 saturated carbocycles. The summed E-state index contributed by atoms with van der Waals surface area (Å²) in [5, 5.41) is 3.63. The molecule has 2 amide bonds. The Morgan fingerprint density at radius 2 is 1.89 bits per heavy atom. The number of hydrogen-bond donors (Lipinski definition) is 1. The van der Waals surface area contributed by atoms with Gasteiger partial charge in [0.1, 0.15) is 0 Å². The number of halogens is 1. The normalized spacial score (nSPS) is 23.4. The van der Waals surface area contributed by atoms with Gasteiger partial charge in [-0.3, -0.25) is 9.59 Å². The Morgan fingerprint density at radius 3 is 2.59 bits per heavy atom. The van der Waals surface area contributed by atoms with Gasteiger partial charge in [-0.2, -0.15) is 0 Å². The van der Waals surface area contributed by atoms with Gasteiger partial charge in [-0.1, -0.05) is 24.4 Å². The van der Waals surface area contributed by atoms with Crippen LogP contribution in [0, 0.1) is 5.92 Å². The van der Waals surface area contributed by atoms with Crippen molar-refractivity contribution in [3.63, 3.8) is 0 Å². The summed E-state index contributed by atoms with van der Waals surface area (Å²) in [5.74, 6) is 0.345. The number of anilines is 1. The summed E-state index contributed by atoms with van der Waals surface area (Å²) in [6.45, 7) is 3.37. The molecule has 3 aliphatic rings.